The van der Waals surface area contributed by atoms with E-state index in [1.54, 1.807) is 4.90 Å². The molecule has 1 heterocycles. The van der Waals surface area contributed by atoms with Gasteiger partial charge in [0.05, 0.1) is 11.6 Å². The number of halogens is 1. The summed E-state index contributed by atoms with van der Waals surface area (Å²) in [4.78, 5) is 27.1. The largest absolute Gasteiger partial charge is 0.326 e. The minimum atomic E-state index is -0.362. The molecule has 1 atom stereocenters. The summed E-state index contributed by atoms with van der Waals surface area (Å²) in [5.74, 6) is -0.491. The highest BCUT2D eigenvalue weighted by atomic mass is 79.9. The van der Waals surface area contributed by atoms with Crippen LogP contribution in [-0.2, 0) is 9.59 Å². The number of aryl methyl sites for hydroxylation is 1. The summed E-state index contributed by atoms with van der Waals surface area (Å²) in [7, 11) is 0. The molecule has 4 nitrogen and oxygen atoms in total. The van der Waals surface area contributed by atoms with Gasteiger partial charge in [-0.05, 0) is 42.1 Å². The second kappa shape index (κ2) is 7.16. The van der Waals surface area contributed by atoms with E-state index in [4.69, 9.17) is 0 Å². The highest BCUT2D eigenvalue weighted by Crippen LogP contribution is 2.32. The summed E-state index contributed by atoms with van der Waals surface area (Å²) in [5.41, 5.74) is 2.63. The maximum Gasteiger partial charge on any atom is 0.229 e. The van der Waals surface area contributed by atoms with Gasteiger partial charge in [-0.3, -0.25) is 9.59 Å². The van der Waals surface area contributed by atoms with Crippen LogP contribution < -0.4 is 10.2 Å². The van der Waals surface area contributed by atoms with Gasteiger partial charge >= 0.3 is 0 Å². The Morgan fingerprint density at radius 2 is 1.89 bits per heavy atom. The molecule has 0 unspecified atom stereocenters. The molecular formula is C22H19BrN2O2. The Labute approximate surface area is 166 Å². The highest BCUT2D eigenvalue weighted by Gasteiger charge is 2.35. The molecule has 0 bridgehead atoms. The number of nitrogens with one attached hydrogen (secondary N) is 1. The quantitative estimate of drug-likeness (QED) is 0.652. The van der Waals surface area contributed by atoms with Crippen molar-refractivity contribution in [2.45, 2.75) is 13.3 Å². The van der Waals surface area contributed by atoms with E-state index in [1.165, 1.54) is 0 Å². The number of hydrogen-bond acceptors (Lipinski definition) is 2. The molecule has 0 aromatic heterocycles. The number of rotatable bonds is 3. The monoisotopic (exact) mass is 422 g/mol. The SMILES string of the molecule is Cc1cc(Br)ccc1NC(=O)[C@H]1CC(=O)N(c2cccc3ccccc23)C1. The minimum absolute atomic E-state index is 0.0148. The van der Waals surface area contributed by atoms with Crippen molar-refractivity contribution in [3.05, 3.63) is 70.7 Å². The lowest BCUT2D eigenvalue weighted by Crippen LogP contribution is -2.28. The van der Waals surface area contributed by atoms with Gasteiger partial charge in [-0.1, -0.05) is 52.3 Å². The lowest BCUT2D eigenvalue weighted by molar-refractivity contribution is -0.122. The number of carbonyl (C=O) groups excluding carboxylic acids is 2. The van der Waals surface area contributed by atoms with Gasteiger partial charge in [0.15, 0.2) is 0 Å². The van der Waals surface area contributed by atoms with Crippen molar-refractivity contribution in [2.75, 3.05) is 16.8 Å². The fraction of sp³-hybridized carbons (Fsp3) is 0.182. The van der Waals surface area contributed by atoms with Gasteiger partial charge in [0.25, 0.3) is 0 Å². The first-order valence-electron chi connectivity index (χ1n) is 8.88. The molecule has 5 heteroatoms. The van der Waals surface area contributed by atoms with Crippen LogP contribution in [-0.4, -0.2) is 18.4 Å². The van der Waals surface area contributed by atoms with Crippen molar-refractivity contribution in [3.63, 3.8) is 0 Å². The smallest absolute Gasteiger partial charge is 0.229 e. The van der Waals surface area contributed by atoms with Gasteiger partial charge in [-0.15, -0.1) is 0 Å². The Bertz CT molecular complexity index is 1040. The van der Waals surface area contributed by atoms with Crippen LogP contribution in [0.3, 0.4) is 0 Å². The molecule has 136 valence electrons. The molecule has 4 rings (SSSR count). The van der Waals surface area contributed by atoms with E-state index in [0.29, 0.717) is 6.54 Å². The second-order valence-electron chi connectivity index (χ2n) is 6.85. The number of anilines is 2. The predicted octanol–water partition coefficient (Wildman–Crippen LogP) is 4.90. The number of fused-ring (bicyclic) bond motifs is 1. The molecule has 0 saturated carbocycles. The summed E-state index contributed by atoms with van der Waals surface area (Å²) in [6.07, 6.45) is 0.227. The first-order valence-corrected chi connectivity index (χ1v) is 9.67. The Hall–Kier alpha value is -2.66. The molecule has 0 spiro atoms. The fourth-order valence-corrected chi connectivity index (χ4v) is 4.04. The van der Waals surface area contributed by atoms with E-state index in [0.717, 1.165) is 32.2 Å². The first kappa shape index (κ1) is 17.7. The lowest BCUT2D eigenvalue weighted by Gasteiger charge is -2.19. The van der Waals surface area contributed by atoms with E-state index < -0.39 is 0 Å². The van der Waals surface area contributed by atoms with Crippen LogP contribution >= 0.6 is 15.9 Å². The molecular weight excluding hydrogens is 404 g/mol. The van der Waals surface area contributed by atoms with Crippen molar-refractivity contribution in [1.29, 1.82) is 0 Å². The summed E-state index contributed by atoms with van der Waals surface area (Å²) in [5, 5.41) is 5.08. The maximum absolute atomic E-state index is 12.7. The molecule has 3 aromatic rings. The van der Waals surface area contributed by atoms with Gasteiger partial charge in [-0.25, -0.2) is 0 Å². The number of nitrogens with zero attached hydrogens (tertiary/aromatic N) is 1. The maximum atomic E-state index is 12.7. The summed E-state index contributed by atoms with van der Waals surface area (Å²) in [6.45, 7) is 2.34. The standard InChI is InChI=1S/C22H19BrN2O2/c1-14-11-17(23)9-10-19(14)24-22(27)16-12-21(26)25(13-16)20-8-4-6-15-5-2-3-7-18(15)20/h2-11,16H,12-13H2,1H3,(H,24,27)/t16-/m0/s1. The molecule has 27 heavy (non-hydrogen) atoms. The van der Waals surface area contributed by atoms with Gasteiger partial charge in [-0.2, -0.15) is 0 Å². The van der Waals surface area contributed by atoms with Crippen molar-refractivity contribution < 1.29 is 9.59 Å². The van der Waals surface area contributed by atoms with Crippen molar-refractivity contribution in [3.8, 4) is 0 Å². The highest BCUT2D eigenvalue weighted by molar-refractivity contribution is 9.10. The Balaban J connectivity index is 1.56. The van der Waals surface area contributed by atoms with Gasteiger partial charge in [0, 0.05) is 28.5 Å². The van der Waals surface area contributed by atoms with Gasteiger partial charge in [0.1, 0.15) is 0 Å². The molecule has 1 aliphatic heterocycles. The van der Waals surface area contributed by atoms with Gasteiger partial charge in [0.2, 0.25) is 11.8 Å². The summed E-state index contributed by atoms with van der Waals surface area (Å²) in [6, 6.07) is 19.6. The minimum Gasteiger partial charge on any atom is -0.326 e. The van der Waals surface area contributed by atoms with Crippen LogP contribution in [0.4, 0.5) is 11.4 Å². The van der Waals surface area contributed by atoms with Crippen LogP contribution in [0.1, 0.15) is 12.0 Å². The Kier molecular flexibility index (Phi) is 4.70. The molecule has 1 aliphatic rings. The van der Waals surface area contributed by atoms with Crippen LogP contribution in [0, 0.1) is 12.8 Å². The normalized spacial score (nSPS) is 16.7. The third-order valence-corrected chi connectivity index (χ3v) is 5.49. The Morgan fingerprint density at radius 1 is 1.11 bits per heavy atom. The van der Waals surface area contributed by atoms with Crippen LogP contribution in [0.5, 0.6) is 0 Å². The predicted molar refractivity (Wildman–Crippen MR) is 112 cm³/mol. The van der Waals surface area contributed by atoms with Crippen molar-refractivity contribution >= 4 is 49.9 Å². The summed E-state index contributed by atoms with van der Waals surface area (Å²) >= 11 is 3.43. The fourth-order valence-electron chi connectivity index (χ4n) is 3.56. The second-order valence-corrected chi connectivity index (χ2v) is 7.77. The van der Waals surface area contributed by atoms with Crippen LogP contribution in [0.15, 0.2) is 65.1 Å². The van der Waals surface area contributed by atoms with Crippen LogP contribution in [0.25, 0.3) is 10.8 Å². The van der Waals surface area contributed by atoms with Gasteiger partial charge < -0.3 is 10.2 Å². The van der Waals surface area contributed by atoms with E-state index in [2.05, 4.69) is 21.2 Å². The Morgan fingerprint density at radius 3 is 2.70 bits per heavy atom. The first-order chi connectivity index (χ1) is 13.0. The zero-order valence-corrected chi connectivity index (χ0v) is 16.5. The summed E-state index contributed by atoms with van der Waals surface area (Å²) < 4.78 is 0.969. The number of hydrogen-bond donors (Lipinski definition) is 1. The molecule has 3 aromatic carbocycles. The molecule has 0 radical (unpaired) electrons. The van der Waals surface area contributed by atoms with Crippen molar-refractivity contribution in [1.82, 2.24) is 0 Å². The number of carbonyl (C=O) groups is 2. The number of amides is 2. The number of benzene rings is 3. The molecule has 0 aliphatic carbocycles. The van der Waals surface area contributed by atoms with E-state index in [1.807, 2.05) is 67.6 Å². The molecule has 1 fully saturated rings. The third kappa shape index (κ3) is 3.47. The average Bonchev–Trinajstić information content (AvgIpc) is 3.05. The lowest BCUT2D eigenvalue weighted by atomic mass is 10.1. The third-order valence-electron chi connectivity index (χ3n) is 5.00. The molecule has 2 amide bonds. The van der Waals surface area contributed by atoms with E-state index in [9.17, 15) is 9.59 Å². The average molecular weight is 423 g/mol. The van der Waals surface area contributed by atoms with E-state index >= 15 is 0 Å². The van der Waals surface area contributed by atoms with Crippen LogP contribution in [0.2, 0.25) is 0 Å². The topological polar surface area (TPSA) is 49.4 Å². The molecule has 1 saturated heterocycles. The molecule has 1 N–H and O–H groups in total. The zero-order chi connectivity index (χ0) is 19.0. The van der Waals surface area contributed by atoms with Crippen molar-refractivity contribution in [2.24, 2.45) is 5.92 Å². The van der Waals surface area contributed by atoms with E-state index in [-0.39, 0.29) is 24.2 Å². The zero-order valence-electron chi connectivity index (χ0n) is 14.9.